The highest BCUT2D eigenvalue weighted by molar-refractivity contribution is 7.99. The molecule has 0 atom stereocenters. The van der Waals surface area contributed by atoms with Crippen LogP contribution in [0.5, 0.6) is 0 Å². The second kappa shape index (κ2) is 7.34. The van der Waals surface area contributed by atoms with Crippen molar-refractivity contribution >= 4 is 11.8 Å². The number of nitrogens with one attached hydrogen (secondary N) is 2. The molecule has 6 heteroatoms. The van der Waals surface area contributed by atoms with Crippen LogP contribution in [0.1, 0.15) is 20.3 Å². The van der Waals surface area contributed by atoms with Crippen LogP contribution in [0.2, 0.25) is 0 Å². The summed E-state index contributed by atoms with van der Waals surface area (Å²) in [5.74, 6) is 0.779. The highest BCUT2D eigenvalue weighted by Crippen LogP contribution is 2.15. The van der Waals surface area contributed by atoms with Crippen LogP contribution in [0, 0.1) is 0 Å². The Morgan fingerprint density at radius 3 is 3.00 bits per heavy atom. The molecule has 0 spiro atoms. The fourth-order valence-electron chi connectivity index (χ4n) is 1.35. The molecule has 1 heterocycles. The van der Waals surface area contributed by atoms with E-state index in [0.717, 1.165) is 36.0 Å². The number of hydrogen-bond acceptors (Lipinski definition) is 4. The summed E-state index contributed by atoms with van der Waals surface area (Å²) in [6.07, 6.45) is 1.12. The van der Waals surface area contributed by atoms with Crippen LogP contribution < -0.4 is 11.0 Å². The Bertz CT molecular complexity index is 410. The van der Waals surface area contributed by atoms with Crippen molar-refractivity contribution in [1.29, 1.82) is 0 Å². The number of rotatable bonds is 8. The first-order valence-electron chi connectivity index (χ1n) is 5.84. The smallest absolute Gasteiger partial charge is 0.313 e. The van der Waals surface area contributed by atoms with Crippen molar-refractivity contribution in [2.45, 2.75) is 32.0 Å². The minimum absolute atomic E-state index is 0.148. The summed E-state index contributed by atoms with van der Waals surface area (Å²) in [6.45, 7) is 10.5. The zero-order valence-corrected chi connectivity index (χ0v) is 11.3. The number of aromatic nitrogens is 3. The first-order valence-corrected chi connectivity index (χ1v) is 6.83. The third-order valence-corrected chi connectivity index (χ3v) is 3.37. The average molecular weight is 256 g/mol. The lowest BCUT2D eigenvalue weighted by atomic mass is 10.3. The SMILES string of the molecule is C=C(CNCCC)CSc1n[nH]c(=O)n1CC. The lowest BCUT2D eigenvalue weighted by Crippen LogP contribution is -2.18. The quantitative estimate of drug-likeness (QED) is 0.417. The minimum atomic E-state index is -0.148. The van der Waals surface area contributed by atoms with Gasteiger partial charge in [0.25, 0.3) is 0 Å². The summed E-state index contributed by atoms with van der Waals surface area (Å²) in [5.41, 5.74) is 0.964. The highest BCUT2D eigenvalue weighted by Gasteiger charge is 2.07. The van der Waals surface area contributed by atoms with Gasteiger partial charge < -0.3 is 5.32 Å². The van der Waals surface area contributed by atoms with Gasteiger partial charge in [-0.3, -0.25) is 4.57 Å². The van der Waals surface area contributed by atoms with E-state index in [1.54, 1.807) is 4.57 Å². The summed E-state index contributed by atoms with van der Waals surface area (Å²) in [6, 6.07) is 0. The number of hydrogen-bond donors (Lipinski definition) is 2. The lowest BCUT2D eigenvalue weighted by Gasteiger charge is -2.06. The van der Waals surface area contributed by atoms with Gasteiger partial charge in [0, 0.05) is 18.8 Å². The van der Waals surface area contributed by atoms with E-state index in [-0.39, 0.29) is 5.69 Å². The fourth-order valence-corrected chi connectivity index (χ4v) is 2.27. The Labute approximate surface area is 106 Å². The Balaban J connectivity index is 2.39. The molecule has 17 heavy (non-hydrogen) atoms. The van der Waals surface area contributed by atoms with Crippen molar-refractivity contribution in [2.24, 2.45) is 0 Å². The maximum Gasteiger partial charge on any atom is 0.343 e. The van der Waals surface area contributed by atoms with Gasteiger partial charge in [0.15, 0.2) is 5.16 Å². The number of thioether (sulfide) groups is 1. The molecule has 0 radical (unpaired) electrons. The Morgan fingerprint density at radius 2 is 2.35 bits per heavy atom. The lowest BCUT2D eigenvalue weighted by molar-refractivity contribution is 0.660. The summed E-state index contributed by atoms with van der Waals surface area (Å²) in [5, 5.41) is 10.5. The van der Waals surface area contributed by atoms with Crippen LogP contribution >= 0.6 is 11.8 Å². The van der Waals surface area contributed by atoms with Crippen LogP contribution in [0.3, 0.4) is 0 Å². The largest absolute Gasteiger partial charge is 0.343 e. The molecular formula is C11H20N4OS. The van der Waals surface area contributed by atoms with E-state index >= 15 is 0 Å². The first kappa shape index (κ1) is 14.1. The van der Waals surface area contributed by atoms with Crippen molar-refractivity contribution in [3.8, 4) is 0 Å². The first-order chi connectivity index (χ1) is 8.19. The molecule has 1 aromatic rings. The molecule has 0 aromatic carbocycles. The number of H-pyrrole nitrogens is 1. The molecule has 0 aliphatic carbocycles. The third-order valence-electron chi connectivity index (χ3n) is 2.25. The summed E-state index contributed by atoms with van der Waals surface area (Å²) in [7, 11) is 0. The second-order valence-corrected chi connectivity index (χ2v) is 4.71. The molecular weight excluding hydrogens is 236 g/mol. The van der Waals surface area contributed by atoms with Gasteiger partial charge in [-0.25, -0.2) is 9.89 Å². The van der Waals surface area contributed by atoms with E-state index in [0.29, 0.717) is 6.54 Å². The summed E-state index contributed by atoms with van der Waals surface area (Å²) in [4.78, 5) is 11.3. The molecule has 0 saturated carbocycles. The van der Waals surface area contributed by atoms with Gasteiger partial charge in [-0.15, -0.1) is 5.10 Å². The molecule has 1 rings (SSSR count). The summed E-state index contributed by atoms with van der Waals surface area (Å²) < 4.78 is 1.62. The van der Waals surface area contributed by atoms with E-state index in [1.165, 1.54) is 11.8 Å². The number of nitrogens with zero attached hydrogens (tertiary/aromatic N) is 2. The molecule has 0 aliphatic heterocycles. The molecule has 2 N–H and O–H groups in total. The molecule has 0 saturated heterocycles. The standard InChI is InChI=1S/C11H20N4OS/c1-4-6-12-7-9(3)8-17-11-14-13-10(16)15(11)5-2/h12H,3-8H2,1-2H3,(H,13,16). The van der Waals surface area contributed by atoms with Crippen LogP contribution in [-0.4, -0.2) is 33.6 Å². The maximum absolute atomic E-state index is 11.3. The minimum Gasteiger partial charge on any atom is -0.313 e. The van der Waals surface area contributed by atoms with Crippen LogP contribution in [0.25, 0.3) is 0 Å². The third kappa shape index (κ3) is 4.40. The predicted octanol–water partition coefficient (Wildman–Crippen LogP) is 1.24. The van der Waals surface area contributed by atoms with Gasteiger partial charge in [0.2, 0.25) is 0 Å². The van der Waals surface area contributed by atoms with Gasteiger partial charge in [0.1, 0.15) is 0 Å². The molecule has 0 fully saturated rings. The van der Waals surface area contributed by atoms with Crippen molar-refractivity contribution in [2.75, 3.05) is 18.8 Å². The molecule has 96 valence electrons. The van der Waals surface area contributed by atoms with E-state index in [9.17, 15) is 4.79 Å². The second-order valence-electron chi connectivity index (χ2n) is 3.77. The highest BCUT2D eigenvalue weighted by atomic mass is 32.2. The predicted molar refractivity (Wildman–Crippen MR) is 71.5 cm³/mol. The molecule has 0 aliphatic rings. The average Bonchev–Trinajstić information content (AvgIpc) is 2.67. The van der Waals surface area contributed by atoms with E-state index in [2.05, 4.69) is 29.0 Å². The van der Waals surface area contributed by atoms with Crippen LogP contribution in [0.4, 0.5) is 0 Å². The van der Waals surface area contributed by atoms with Gasteiger partial charge in [-0.05, 0) is 19.9 Å². The number of aromatic amines is 1. The zero-order chi connectivity index (χ0) is 12.7. The topological polar surface area (TPSA) is 62.7 Å². The van der Waals surface area contributed by atoms with Gasteiger partial charge in [-0.2, -0.15) is 0 Å². The maximum atomic E-state index is 11.3. The van der Waals surface area contributed by atoms with Gasteiger partial charge >= 0.3 is 5.69 Å². The van der Waals surface area contributed by atoms with E-state index < -0.39 is 0 Å². The van der Waals surface area contributed by atoms with Gasteiger partial charge in [-0.1, -0.05) is 30.8 Å². The Hall–Kier alpha value is -1.01. The van der Waals surface area contributed by atoms with Crippen molar-refractivity contribution < 1.29 is 0 Å². The Kier molecular flexibility index (Phi) is 6.07. The van der Waals surface area contributed by atoms with Crippen LogP contribution in [-0.2, 0) is 6.54 Å². The molecule has 0 amide bonds. The normalized spacial score (nSPS) is 10.7. The van der Waals surface area contributed by atoms with E-state index in [4.69, 9.17) is 0 Å². The molecule has 0 bridgehead atoms. The van der Waals surface area contributed by atoms with E-state index in [1.807, 2.05) is 6.92 Å². The van der Waals surface area contributed by atoms with Crippen molar-refractivity contribution in [3.05, 3.63) is 22.6 Å². The molecule has 0 unspecified atom stereocenters. The van der Waals surface area contributed by atoms with Crippen molar-refractivity contribution in [1.82, 2.24) is 20.1 Å². The monoisotopic (exact) mass is 256 g/mol. The van der Waals surface area contributed by atoms with Gasteiger partial charge in [0.05, 0.1) is 0 Å². The fraction of sp³-hybridized carbons (Fsp3) is 0.636. The van der Waals surface area contributed by atoms with Crippen molar-refractivity contribution in [3.63, 3.8) is 0 Å². The van der Waals surface area contributed by atoms with Crippen LogP contribution in [0.15, 0.2) is 22.1 Å². The summed E-state index contributed by atoms with van der Waals surface area (Å²) >= 11 is 1.54. The zero-order valence-electron chi connectivity index (χ0n) is 10.5. The molecule has 1 aromatic heterocycles. The Morgan fingerprint density at radius 1 is 1.59 bits per heavy atom. The molecule has 5 nitrogen and oxygen atoms in total.